The highest BCUT2D eigenvalue weighted by Gasteiger charge is 2.68. The number of sulfone groups is 1. The topological polar surface area (TPSA) is 97.5 Å². The first-order valence-electron chi connectivity index (χ1n) is 15.8. The number of aromatic amines is 1. The van der Waals surface area contributed by atoms with Gasteiger partial charge in [-0.2, -0.15) is 0 Å². The average molecular weight is 605 g/mol. The van der Waals surface area contributed by atoms with E-state index in [1.807, 2.05) is 60.8 Å². The highest BCUT2D eigenvalue weighted by Crippen LogP contribution is 2.65. The van der Waals surface area contributed by atoms with E-state index in [1.165, 1.54) is 0 Å². The lowest BCUT2D eigenvalue weighted by Crippen LogP contribution is -2.65. The lowest BCUT2D eigenvalue weighted by atomic mass is 9.43. The second-order valence-corrected chi connectivity index (χ2v) is 16.5. The second-order valence-electron chi connectivity index (χ2n) is 14.4. The number of H-pyrrole nitrogens is 1. The number of amides is 1. The van der Waals surface area contributed by atoms with Crippen molar-refractivity contribution >= 4 is 33.8 Å². The van der Waals surface area contributed by atoms with E-state index in [1.54, 1.807) is 0 Å². The van der Waals surface area contributed by atoms with Gasteiger partial charge in [0.05, 0.1) is 35.1 Å². The minimum absolute atomic E-state index is 0.00843. The first kappa shape index (κ1) is 30.4. The van der Waals surface area contributed by atoms with Crippen molar-refractivity contribution in [1.29, 1.82) is 0 Å². The monoisotopic (exact) mass is 604 g/mol. The summed E-state index contributed by atoms with van der Waals surface area (Å²) in [5.41, 5.74) is 2.45. The predicted octanol–water partition coefficient (Wildman–Crippen LogP) is 5.74. The Morgan fingerprint density at radius 2 is 1.79 bits per heavy atom. The number of fused-ring (bicyclic) bond motifs is 1. The lowest BCUT2D eigenvalue weighted by molar-refractivity contribution is -0.199. The van der Waals surface area contributed by atoms with Crippen LogP contribution in [0, 0.1) is 29.1 Å². The number of aromatic nitrogens is 1. The van der Waals surface area contributed by atoms with Crippen LogP contribution < -0.4 is 5.32 Å². The third kappa shape index (κ3) is 5.93. The van der Waals surface area contributed by atoms with Crippen molar-refractivity contribution in [2.75, 3.05) is 5.75 Å². The number of carbonyl (C=O) groups is 1. The number of carbonyl (C=O) groups excluding carboxylic acids is 1. The van der Waals surface area contributed by atoms with Crippen LogP contribution in [0.15, 0.2) is 60.8 Å². The molecule has 4 aliphatic rings. The summed E-state index contributed by atoms with van der Waals surface area (Å²) in [4.78, 5) is 17.4. The molecule has 9 heteroatoms. The Morgan fingerprint density at radius 1 is 1.07 bits per heavy atom. The molecule has 2 aromatic carbocycles. The van der Waals surface area contributed by atoms with Crippen LogP contribution in [0.3, 0.4) is 0 Å². The maximum atomic E-state index is 14.2. The molecule has 2 bridgehead atoms. The maximum absolute atomic E-state index is 14.2. The first-order valence-corrected chi connectivity index (χ1v) is 17.6. The molecule has 43 heavy (non-hydrogen) atoms. The molecule has 3 aromatic rings. The summed E-state index contributed by atoms with van der Waals surface area (Å²) in [7, 11) is -4.15. The van der Waals surface area contributed by atoms with Crippen LogP contribution in [-0.2, 0) is 36.1 Å². The Bertz CT molecular complexity index is 1570. The van der Waals surface area contributed by atoms with Gasteiger partial charge in [-0.15, -0.1) is 0 Å². The standard InChI is InChI=1S/C34H45BN2O5S/c1-22(2)15-31(35-41-30-18-26-17-29(33(26,3)4)34(30,5)42-35)37-32(38)25(16-24-19-36-28-14-10-9-13-27(24)28)21-43(39,40)20-23-11-7-6-8-12-23/h6-14,19,22,25-26,29-31,36H,15-18,20-21H2,1-5H3,(H,37,38)/t25-,26+,29+,30-,31+,34+/m1/s1. The summed E-state index contributed by atoms with van der Waals surface area (Å²) in [6.45, 7) is 11.1. The fraction of sp³-hybridized carbons (Fsp3) is 0.559. The van der Waals surface area contributed by atoms with Gasteiger partial charge in [0.15, 0.2) is 9.84 Å². The average Bonchev–Trinajstić information content (AvgIpc) is 3.52. The van der Waals surface area contributed by atoms with Crippen molar-refractivity contribution in [1.82, 2.24) is 10.3 Å². The Kier molecular flexibility index (Phi) is 8.05. The van der Waals surface area contributed by atoms with Crippen LogP contribution in [0.2, 0.25) is 0 Å². The summed E-state index contributed by atoms with van der Waals surface area (Å²) in [5, 5.41) is 4.25. The van der Waals surface area contributed by atoms with Crippen LogP contribution in [-0.4, -0.2) is 49.8 Å². The van der Waals surface area contributed by atoms with Gasteiger partial charge in [-0.3, -0.25) is 4.79 Å². The molecule has 2 N–H and O–H groups in total. The summed E-state index contributed by atoms with van der Waals surface area (Å²) in [6, 6.07) is 17.1. The fourth-order valence-corrected chi connectivity index (χ4v) is 9.80. The van der Waals surface area contributed by atoms with Gasteiger partial charge in [-0.05, 0) is 73.0 Å². The van der Waals surface area contributed by atoms with E-state index in [0.29, 0.717) is 24.7 Å². The predicted molar refractivity (Wildman–Crippen MR) is 171 cm³/mol. The number of nitrogens with one attached hydrogen (secondary N) is 2. The van der Waals surface area contributed by atoms with Crippen molar-refractivity contribution < 1.29 is 22.5 Å². The molecule has 6 atom stereocenters. The fourth-order valence-electron chi connectivity index (χ4n) is 8.10. The van der Waals surface area contributed by atoms with E-state index in [0.717, 1.165) is 34.9 Å². The Labute approximate surface area is 256 Å². The molecule has 7 rings (SSSR count). The van der Waals surface area contributed by atoms with Crippen LogP contribution in [0.4, 0.5) is 0 Å². The zero-order valence-corrected chi connectivity index (χ0v) is 26.8. The maximum Gasteiger partial charge on any atom is 0.481 e. The number of benzene rings is 2. The summed E-state index contributed by atoms with van der Waals surface area (Å²) >= 11 is 0. The van der Waals surface area contributed by atoms with Crippen LogP contribution in [0.5, 0.6) is 0 Å². The van der Waals surface area contributed by atoms with Crippen molar-refractivity contribution in [3.05, 3.63) is 71.9 Å². The minimum atomic E-state index is -3.59. The van der Waals surface area contributed by atoms with Gasteiger partial charge in [-0.25, -0.2) is 8.42 Å². The lowest BCUT2D eigenvalue weighted by Gasteiger charge is -2.64. The normalized spacial score (nSPS) is 27.5. The van der Waals surface area contributed by atoms with Crippen molar-refractivity contribution in [2.24, 2.45) is 29.1 Å². The smallest absolute Gasteiger partial charge is 0.404 e. The van der Waals surface area contributed by atoms with Gasteiger partial charge in [0.2, 0.25) is 5.91 Å². The number of para-hydroxylation sites is 1. The summed E-state index contributed by atoms with van der Waals surface area (Å²) in [6.07, 6.45) is 5.01. The van der Waals surface area contributed by atoms with Crippen LogP contribution in [0.1, 0.15) is 65.0 Å². The van der Waals surface area contributed by atoms with Crippen LogP contribution >= 0.6 is 0 Å². The summed E-state index contributed by atoms with van der Waals surface area (Å²) < 4.78 is 40.4. The third-order valence-corrected chi connectivity index (χ3v) is 12.2. The molecular weight excluding hydrogens is 559 g/mol. The van der Waals surface area contributed by atoms with E-state index in [4.69, 9.17) is 9.31 Å². The molecule has 0 radical (unpaired) electrons. The Morgan fingerprint density at radius 3 is 2.51 bits per heavy atom. The molecular formula is C34H45BN2O5S. The highest BCUT2D eigenvalue weighted by atomic mass is 32.2. The molecule has 1 aliphatic heterocycles. The molecule has 2 heterocycles. The molecule has 1 saturated heterocycles. The van der Waals surface area contributed by atoms with Crippen LogP contribution in [0.25, 0.3) is 10.9 Å². The van der Waals surface area contributed by atoms with E-state index in [9.17, 15) is 13.2 Å². The molecule has 1 aromatic heterocycles. The Balaban J connectivity index is 1.24. The van der Waals surface area contributed by atoms with Gasteiger partial charge in [0, 0.05) is 17.1 Å². The van der Waals surface area contributed by atoms with Crippen molar-refractivity contribution in [2.45, 2.75) is 83.7 Å². The highest BCUT2D eigenvalue weighted by molar-refractivity contribution is 7.90. The van der Waals surface area contributed by atoms with Gasteiger partial charge >= 0.3 is 7.12 Å². The van der Waals surface area contributed by atoms with Crippen molar-refractivity contribution in [3.63, 3.8) is 0 Å². The van der Waals surface area contributed by atoms with Gasteiger partial charge < -0.3 is 19.6 Å². The number of hydrogen-bond acceptors (Lipinski definition) is 5. The summed E-state index contributed by atoms with van der Waals surface area (Å²) in [5.74, 6) is -0.434. The zero-order chi connectivity index (χ0) is 30.6. The van der Waals surface area contributed by atoms with E-state index in [-0.39, 0.29) is 46.4 Å². The third-order valence-electron chi connectivity index (χ3n) is 10.5. The zero-order valence-electron chi connectivity index (χ0n) is 26.0. The van der Waals surface area contributed by atoms with Gasteiger partial charge in [0.1, 0.15) is 0 Å². The largest absolute Gasteiger partial charge is 0.481 e. The molecule has 7 nitrogen and oxygen atoms in total. The van der Waals surface area contributed by atoms with Crippen molar-refractivity contribution in [3.8, 4) is 0 Å². The van der Waals surface area contributed by atoms with Gasteiger partial charge in [0.25, 0.3) is 0 Å². The molecule has 0 spiro atoms. The molecule has 0 unspecified atom stereocenters. The first-order chi connectivity index (χ1) is 20.4. The molecule has 1 amide bonds. The van der Waals surface area contributed by atoms with Gasteiger partial charge in [-0.1, -0.05) is 76.2 Å². The molecule has 230 valence electrons. The molecule has 3 aliphatic carbocycles. The van der Waals surface area contributed by atoms with E-state index < -0.39 is 22.9 Å². The number of hydrogen-bond donors (Lipinski definition) is 2. The van der Waals surface area contributed by atoms with E-state index >= 15 is 0 Å². The molecule has 3 saturated carbocycles. The van der Waals surface area contributed by atoms with E-state index in [2.05, 4.69) is 44.9 Å². The minimum Gasteiger partial charge on any atom is -0.404 e. The number of rotatable bonds is 11. The molecule has 4 fully saturated rings. The second kappa shape index (κ2) is 11.4. The Hall–Kier alpha value is -2.62. The SMILES string of the molecule is CC(C)C[C@H](NC(=O)[C@H](Cc1c[nH]c2ccccc12)CS(=O)(=O)Cc1ccccc1)B1O[C@@H]2C[C@@H]3C[C@@H](C3(C)C)[C@]2(C)O1. The quantitative estimate of drug-likeness (QED) is 0.272.